The highest BCUT2D eigenvalue weighted by atomic mass is 32.2. The predicted molar refractivity (Wildman–Crippen MR) is 97.7 cm³/mol. The topological polar surface area (TPSA) is 66.5 Å². The third-order valence-electron chi connectivity index (χ3n) is 3.32. The second-order valence-corrected chi connectivity index (χ2v) is 8.68. The second-order valence-electron chi connectivity index (χ2n) is 5.39. The molecule has 0 saturated heterocycles. The largest absolute Gasteiger partial charge is 0.326 e. The van der Waals surface area contributed by atoms with E-state index in [1.54, 1.807) is 30.3 Å². The van der Waals surface area contributed by atoms with E-state index >= 15 is 0 Å². The van der Waals surface area contributed by atoms with Crippen LogP contribution in [0.2, 0.25) is 0 Å². The van der Waals surface area contributed by atoms with E-state index in [-0.39, 0.29) is 23.0 Å². The van der Waals surface area contributed by atoms with Crippen LogP contribution in [0.15, 0.2) is 58.3 Å². The molecular formula is C17H19FN2O3S2. The molecule has 0 aliphatic carbocycles. The Balaban J connectivity index is 1.94. The van der Waals surface area contributed by atoms with Gasteiger partial charge in [0.25, 0.3) is 0 Å². The summed E-state index contributed by atoms with van der Waals surface area (Å²) in [5.41, 5.74) is 0.406. The van der Waals surface area contributed by atoms with Gasteiger partial charge >= 0.3 is 0 Å². The molecule has 0 spiro atoms. The summed E-state index contributed by atoms with van der Waals surface area (Å²) in [6.45, 7) is 0. The minimum atomic E-state index is -3.56. The molecule has 0 unspecified atom stereocenters. The van der Waals surface area contributed by atoms with Crippen molar-refractivity contribution >= 4 is 33.4 Å². The van der Waals surface area contributed by atoms with Gasteiger partial charge in [-0.1, -0.05) is 18.2 Å². The molecule has 1 N–H and O–H groups in total. The lowest BCUT2D eigenvalue weighted by Crippen LogP contribution is -2.22. The zero-order valence-electron chi connectivity index (χ0n) is 13.9. The molecule has 25 heavy (non-hydrogen) atoms. The summed E-state index contributed by atoms with van der Waals surface area (Å²) in [5.74, 6) is -0.152. The Hall–Kier alpha value is -1.90. The molecule has 2 aromatic carbocycles. The highest BCUT2D eigenvalue weighted by Gasteiger charge is 2.17. The number of benzene rings is 2. The van der Waals surface area contributed by atoms with E-state index in [1.165, 1.54) is 44.1 Å². The van der Waals surface area contributed by atoms with Crippen molar-refractivity contribution in [2.45, 2.75) is 16.2 Å². The Bertz CT molecular complexity index is 854. The van der Waals surface area contributed by atoms with Gasteiger partial charge in [-0.05, 0) is 30.3 Å². The van der Waals surface area contributed by atoms with Crippen LogP contribution >= 0.6 is 11.8 Å². The lowest BCUT2D eigenvalue weighted by atomic mass is 10.3. The maximum Gasteiger partial charge on any atom is 0.242 e. The first-order chi connectivity index (χ1) is 11.8. The predicted octanol–water partition coefficient (Wildman–Crippen LogP) is 3.20. The molecule has 0 aliphatic rings. The fraction of sp³-hybridized carbons (Fsp3) is 0.235. The van der Waals surface area contributed by atoms with Crippen LogP contribution in [0.4, 0.5) is 10.1 Å². The normalized spacial score (nSPS) is 11.5. The smallest absolute Gasteiger partial charge is 0.242 e. The Morgan fingerprint density at radius 1 is 1.16 bits per heavy atom. The molecule has 2 rings (SSSR count). The third-order valence-corrected chi connectivity index (χ3v) is 6.18. The van der Waals surface area contributed by atoms with Crippen LogP contribution in [0.5, 0.6) is 0 Å². The Morgan fingerprint density at radius 2 is 1.88 bits per heavy atom. The summed E-state index contributed by atoms with van der Waals surface area (Å²) in [6, 6.07) is 12.5. The molecule has 0 saturated carbocycles. The molecule has 0 heterocycles. The maximum absolute atomic E-state index is 13.5. The van der Waals surface area contributed by atoms with Crippen LogP contribution in [0, 0.1) is 5.82 Å². The Kier molecular flexibility index (Phi) is 6.57. The standard InChI is InChI=1S/C17H19FN2O3S2/c1-20(2)25(22,23)14-7-5-6-13(12-14)19-17(21)10-11-24-16-9-4-3-8-15(16)18/h3-9,12H,10-11H2,1-2H3,(H,19,21). The summed E-state index contributed by atoms with van der Waals surface area (Å²) >= 11 is 1.26. The first-order valence-electron chi connectivity index (χ1n) is 7.50. The van der Waals surface area contributed by atoms with Gasteiger partial charge in [0.2, 0.25) is 15.9 Å². The first kappa shape index (κ1) is 19.4. The summed E-state index contributed by atoms with van der Waals surface area (Å²) in [6.07, 6.45) is 0.184. The van der Waals surface area contributed by atoms with Gasteiger partial charge in [0.15, 0.2) is 0 Å². The number of anilines is 1. The van der Waals surface area contributed by atoms with Crippen molar-refractivity contribution < 1.29 is 17.6 Å². The zero-order chi connectivity index (χ0) is 18.4. The number of rotatable bonds is 7. The summed E-state index contributed by atoms with van der Waals surface area (Å²) < 4.78 is 38.8. The molecule has 8 heteroatoms. The fourth-order valence-electron chi connectivity index (χ4n) is 1.98. The van der Waals surface area contributed by atoms with Crippen molar-refractivity contribution in [3.63, 3.8) is 0 Å². The van der Waals surface area contributed by atoms with E-state index in [0.29, 0.717) is 16.3 Å². The number of carbonyl (C=O) groups excluding carboxylic acids is 1. The molecule has 134 valence electrons. The van der Waals surface area contributed by atoms with Crippen molar-refractivity contribution in [2.24, 2.45) is 0 Å². The number of hydrogen-bond donors (Lipinski definition) is 1. The van der Waals surface area contributed by atoms with Gasteiger partial charge in [0.05, 0.1) is 4.90 Å². The molecule has 2 aromatic rings. The third kappa shape index (κ3) is 5.29. The number of thioether (sulfide) groups is 1. The van der Waals surface area contributed by atoms with Crippen LogP contribution in [0.3, 0.4) is 0 Å². The highest BCUT2D eigenvalue weighted by molar-refractivity contribution is 7.99. The van der Waals surface area contributed by atoms with Crippen molar-refractivity contribution in [3.05, 3.63) is 54.3 Å². The average Bonchev–Trinajstić information content (AvgIpc) is 2.56. The monoisotopic (exact) mass is 382 g/mol. The molecule has 0 atom stereocenters. The summed E-state index contributed by atoms with van der Waals surface area (Å²) in [5, 5.41) is 2.67. The fourth-order valence-corrected chi connectivity index (χ4v) is 3.82. The summed E-state index contributed by atoms with van der Waals surface area (Å²) in [4.78, 5) is 12.6. The van der Waals surface area contributed by atoms with E-state index in [4.69, 9.17) is 0 Å². The number of nitrogens with one attached hydrogen (secondary N) is 1. The number of hydrogen-bond acceptors (Lipinski definition) is 4. The minimum Gasteiger partial charge on any atom is -0.326 e. The van der Waals surface area contributed by atoms with Gasteiger partial charge in [-0.3, -0.25) is 4.79 Å². The van der Waals surface area contributed by atoms with Gasteiger partial charge in [-0.15, -0.1) is 11.8 Å². The van der Waals surface area contributed by atoms with Crippen LogP contribution in [-0.4, -0.2) is 38.5 Å². The molecule has 0 radical (unpaired) electrons. The van der Waals surface area contributed by atoms with Crippen LogP contribution < -0.4 is 5.32 Å². The SMILES string of the molecule is CN(C)S(=O)(=O)c1cccc(NC(=O)CCSc2ccccc2F)c1. The summed E-state index contributed by atoms with van der Waals surface area (Å²) in [7, 11) is -0.667. The number of sulfonamides is 1. The van der Waals surface area contributed by atoms with E-state index < -0.39 is 10.0 Å². The minimum absolute atomic E-state index is 0.107. The molecule has 0 bridgehead atoms. The van der Waals surface area contributed by atoms with Gasteiger partial charge < -0.3 is 5.32 Å². The van der Waals surface area contributed by atoms with Gasteiger partial charge in [-0.2, -0.15) is 0 Å². The van der Waals surface area contributed by atoms with Crippen LogP contribution in [0.1, 0.15) is 6.42 Å². The van der Waals surface area contributed by atoms with E-state index in [2.05, 4.69) is 5.32 Å². The number of carbonyl (C=O) groups is 1. The quantitative estimate of drug-likeness (QED) is 0.747. The lowest BCUT2D eigenvalue weighted by Gasteiger charge is -2.12. The van der Waals surface area contributed by atoms with Crippen LogP contribution in [-0.2, 0) is 14.8 Å². The maximum atomic E-state index is 13.5. The molecule has 0 aromatic heterocycles. The van der Waals surface area contributed by atoms with Crippen LogP contribution in [0.25, 0.3) is 0 Å². The average molecular weight is 382 g/mol. The van der Waals surface area contributed by atoms with Gasteiger partial charge in [0, 0.05) is 36.9 Å². The first-order valence-corrected chi connectivity index (χ1v) is 9.93. The molecule has 5 nitrogen and oxygen atoms in total. The molecule has 1 amide bonds. The van der Waals surface area contributed by atoms with E-state index in [1.807, 2.05) is 0 Å². The van der Waals surface area contributed by atoms with Crippen molar-refractivity contribution in [2.75, 3.05) is 25.2 Å². The van der Waals surface area contributed by atoms with E-state index in [9.17, 15) is 17.6 Å². The Morgan fingerprint density at radius 3 is 2.56 bits per heavy atom. The number of halogens is 1. The number of nitrogens with zero attached hydrogens (tertiary/aromatic N) is 1. The Labute approximate surface area is 151 Å². The number of amides is 1. The van der Waals surface area contributed by atoms with Crippen molar-refractivity contribution in [1.29, 1.82) is 0 Å². The second kappa shape index (κ2) is 8.46. The van der Waals surface area contributed by atoms with Crippen molar-refractivity contribution in [1.82, 2.24) is 4.31 Å². The van der Waals surface area contributed by atoms with Crippen molar-refractivity contribution in [3.8, 4) is 0 Å². The molecule has 0 aliphatic heterocycles. The zero-order valence-corrected chi connectivity index (χ0v) is 15.5. The highest BCUT2D eigenvalue weighted by Crippen LogP contribution is 2.22. The van der Waals surface area contributed by atoms with Gasteiger partial charge in [-0.25, -0.2) is 17.1 Å². The molecular weight excluding hydrogens is 363 g/mol. The molecule has 0 fully saturated rings. The van der Waals surface area contributed by atoms with E-state index in [0.717, 1.165) is 4.31 Å². The van der Waals surface area contributed by atoms with Gasteiger partial charge in [0.1, 0.15) is 5.82 Å². The lowest BCUT2D eigenvalue weighted by molar-refractivity contribution is -0.115.